The Labute approximate surface area is 221 Å². The number of nitrogens with zero attached hydrogens (tertiary/aromatic N) is 5. The van der Waals surface area contributed by atoms with E-state index in [4.69, 9.17) is 14.8 Å². The van der Waals surface area contributed by atoms with Crippen molar-refractivity contribution in [3.8, 4) is 11.4 Å². The Kier molecular flexibility index (Phi) is 6.64. The quantitative estimate of drug-likeness (QED) is 0.342. The molecule has 1 saturated heterocycles. The molecule has 12 nitrogen and oxygen atoms in total. The zero-order valence-corrected chi connectivity index (χ0v) is 21.4. The third-order valence-corrected chi connectivity index (χ3v) is 6.74. The lowest BCUT2D eigenvalue weighted by Gasteiger charge is -2.23. The number of para-hydroxylation sites is 1. The van der Waals surface area contributed by atoms with E-state index in [9.17, 15) is 18.8 Å². The number of hydrogen-bond acceptors (Lipinski definition) is 7. The Balaban J connectivity index is 1.54. The number of benzene rings is 2. The summed E-state index contributed by atoms with van der Waals surface area (Å²) in [4.78, 5) is 43.8. The first-order valence-electron chi connectivity index (χ1n) is 12.1. The van der Waals surface area contributed by atoms with E-state index in [1.165, 1.54) is 25.3 Å². The number of nitrogens with one attached hydrogen (secondary N) is 2. The number of aromatic nitrogens is 4. The summed E-state index contributed by atoms with van der Waals surface area (Å²) in [7, 11) is 3.22. The number of hydrogen-bond donors (Lipinski definition) is 3. The lowest BCUT2D eigenvalue weighted by molar-refractivity contribution is 0.102. The number of anilines is 2. The molecule has 5 rings (SSSR count). The van der Waals surface area contributed by atoms with Crippen molar-refractivity contribution < 1.29 is 23.8 Å². The molecular formula is C26H26FN7O5. The minimum Gasteiger partial charge on any atom is -0.494 e. The largest absolute Gasteiger partial charge is 0.494 e. The van der Waals surface area contributed by atoms with Crippen molar-refractivity contribution >= 4 is 34.4 Å². The highest BCUT2D eigenvalue weighted by Crippen LogP contribution is 2.37. The predicted molar refractivity (Wildman–Crippen MR) is 142 cm³/mol. The van der Waals surface area contributed by atoms with Crippen LogP contribution < -0.4 is 25.8 Å². The van der Waals surface area contributed by atoms with E-state index in [0.29, 0.717) is 36.4 Å². The van der Waals surface area contributed by atoms with Crippen molar-refractivity contribution in [3.05, 3.63) is 70.2 Å². The average molecular weight is 536 g/mol. The van der Waals surface area contributed by atoms with E-state index in [0.717, 1.165) is 28.2 Å². The fraction of sp³-hybridized carbons (Fsp3) is 0.269. The lowest BCUT2D eigenvalue weighted by Crippen LogP contribution is -2.36. The van der Waals surface area contributed by atoms with Gasteiger partial charge in [-0.05, 0) is 43.7 Å². The van der Waals surface area contributed by atoms with Crippen LogP contribution in [0.15, 0.2) is 47.3 Å². The first kappa shape index (κ1) is 25.7. The number of carbonyl (C=O) groups excluding carboxylic acids is 1. The molecule has 1 atom stereocenters. The molecule has 0 radical (unpaired) electrons. The summed E-state index contributed by atoms with van der Waals surface area (Å²) in [6.07, 6.45) is -0.520. The number of methoxy groups -OCH3 is 1. The van der Waals surface area contributed by atoms with Crippen LogP contribution in [0.2, 0.25) is 0 Å². The molecule has 2 aromatic carbocycles. The van der Waals surface area contributed by atoms with E-state index in [2.05, 4.69) is 15.7 Å². The number of amides is 2. The minimum absolute atomic E-state index is 0.0824. The van der Waals surface area contributed by atoms with Crippen LogP contribution in [0.1, 0.15) is 22.7 Å². The Hall–Kier alpha value is -4.94. The number of carbonyl (C=O) groups is 2. The maximum absolute atomic E-state index is 14.7. The standard InChI is InChI=1S/C26H26FN7O5/c1-14-28-22-19(32(14)2)9-7-17(24(22)33-12-11-15(13-33)29-26(37)38)30-25(36)18-8-10-21(35)34(31-18)23-16(27)5-4-6-20(23)39-3/h4-10,15,29H,11-13H2,1-3H3,(H,30,36)(H,37,38). The maximum atomic E-state index is 14.7. The van der Waals surface area contributed by atoms with Gasteiger partial charge in [-0.15, -0.1) is 0 Å². The molecule has 2 aromatic heterocycles. The monoisotopic (exact) mass is 535 g/mol. The number of rotatable bonds is 6. The summed E-state index contributed by atoms with van der Waals surface area (Å²) in [6, 6.07) is 9.75. The Morgan fingerprint density at radius 2 is 1.95 bits per heavy atom. The number of imidazole rings is 1. The van der Waals surface area contributed by atoms with E-state index < -0.39 is 23.4 Å². The number of fused-ring (bicyclic) bond motifs is 1. The van der Waals surface area contributed by atoms with Gasteiger partial charge >= 0.3 is 6.09 Å². The molecule has 2 amide bonds. The molecule has 0 spiro atoms. The third-order valence-electron chi connectivity index (χ3n) is 6.74. The second-order valence-electron chi connectivity index (χ2n) is 9.14. The van der Waals surface area contributed by atoms with Crippen molar-refractivity contribution in [1.29, 1.82) is 0 Å². The van der Waals surface area contributed by atoms with Crippen LogP contribution in [0.4, 0.5) is 20.6 Å². The highest BCUT2D eigenvalue weighted by molar-refractivity contribution is 6.08. The highest BCUT2D eigenvalue weighted by Gasteiger charge is 2.29. The molecule has 1 aliphatic rings. The van der Waals surface area contributed by atoms with Gasteiger partial charge in [-0.2, -0.15) is 9.78 Å². The molecule has 0 bridgehead atoms. The second-order valence-corrected chi connectivity index (χ2v) is 9.14. The summed E-state index contributed by atoms with van der Waals surface area (Å²) in [6.45, 7) is 2.80. The number of aryl methyl sites for hydroxylation is 2. The fourth-order valence-corrected chi connectivity index (χ4v) is 4.78. The van der Waals surface area contributed by atoms with Gasteiger partial charge in [0, 0.05) is 26.2 Å². The van der Waals surface area contributed by atoms with Gasteiger partial charge in [0.15, 0.2) is 5.82 Å². The van der Waals surface area contributed by atoms with Crippen LogP contribution in [-0.4, -0.2) is 62.7 Å². The van der Waals surface area contributed by atoms with Gasteiger partial charge in [0.25, 0.3) is 11.5 Å². The maximum Gasteiger partial charge on any atom is 0.404 e. The minimum atomic E-state index is -1.10. The topological polar surface area (TPSA) is 144 Å². The fourth-order valence-electron chi connectivity index (χ4n) is 4.78. The van der Waals surface area contributed by atoms with E-state index in [1.807, 2.05) is 29.5 Å². The first-order chi connectivity index (χ1) is 18.7. The number of carboxylic acid groups (broad SMARTS) is 1. The van der Waals surface area contributed by atoms with E-state index in [-0.39, 0.29) is 23.2 Å². The van der Waals surface area contributed by atoms with Crippen LogP contribution >= 0.6 is 0 Å². The average Bonchev–Trinajstić information content (AvgIpc) is 3.47. The van der Waals surface area contributed by atoms with Gasteiger partial charge in [-0.3, -0.25) is 9.59 Å². The van der Waals surface area contributed by atoms with Gasteiger partial charge in [0.2, 0.25) is 0 Å². The molecule has 4 aromatic rings. The van der Waals surface area contributed by atoms with Gasteiger partial charge in [0.1, 0.15) is 28.5 Å². The van der Waals surface area contributed by atoms with Crippen LogP contribution in [-0.2, 0) is 7.05 Å². The summed E-state index contributed by atoms with van der Waals surface area (Å²) < 4.78 is 22.6. The zero-order valence-electron chi connectivity index (χ0n) is 21.4. The number of halogens is 1. The molecule has 1 unspecified atom stereocenters. The van der Waals surface area contributed by atoms with Crippen LogP contribution in [0, 0.1) is 12.7 Å². The van der Waals surface area contributed by atoms with Gasteiger partial charge in [-0.25, -0.2) is 14.2 Å². The Bertz CT molecular complexity index is 1660. The first-order valence-corrected chi connectivity index (χ1v) is 12.1. The molecule has 202 valence electrons. The Morgan fingerprint density at radius 1 is 1.15 bits per heavy atom. The molecule has 0 saturated carbocycles. The van der Waals surface area contributed by atoms with Crippen molar-refractivity contribution in [2.24, 2.45) is 7.05 Å². The van der Waals surface area contributed by atoms with Crippen LogP contribution in [0.25, 0.3) is 16.7 Å². The number of ether oxygens (including phenoxy) is 1. The zero-order chi connectivity index (χ0) is 27.8. The molecule has 1 aliphatic heterocycles. The smallest absolute Gasteiger partial charge is 0.404 e. The summed E-state index contributed by atoms with van der Waals surface area (Å²) in [5, 5.41) is 18.6. The van der Waals surface area contributed by atoms with Crippen LogP contribution in [0.3, 0.4) is 0 Å². The summed E-state index contributed by atoms with van der Waals surface area (Å²) in [5.41, 5.74) is 1.59. The van der Waals surface area contributed by atoms with E-state index in [1.54, 1.807) is 6.07 Å². The predicted octanol–water partition coefficient (Wildman–Crippen LogP) is 2.67. The third kappa shape index (κ3) is 4.74. The lowest BCUT2D eigenvalue weighted by atomic mass is 10.2. The van der Waals surface area contributed by atoms with Crippen molar-refractivity contribution in [2.45, 2.75) is 19.4 Å². The molecule has 39 heavy (non-hydrogen) atoms. The van der Waals surface area contributed by atoms with Crippen molar-refractivity contribution in [3.63, 3.8) is 0 Å². The molecule has 3 heterocycles. The summed E-state index contributed by atoms with van der Waals surface area (Å²) in [5.74, 6) is -0.522. The molecule has 13 heteroatoms. The molecule has 3 N–H and O–H groups in total. The molecule has 1 fully saturated rings. The highest BCUT2D eigenvalue weighted by atomic mass is 19.1. The normalized spacial score (nSPS) is 15.0. The molecular weight excluding hydrogens is 509 g/mol. The summed E-state index contributed by atoms with van der Waals surface area (Å²) >= 11 is 0. The Morgan fingerprint density at radius 3 is 2.69 bits per heavy atom. The van der Waals surface area contributed by atoms with Crippen molar-refractivity contribution in [1.82, 2.24) is 24.6 Å². The van der Waals surface area contributed by atoms with Gasteiger partial charge in [0.05, 0.1) is 30.0 Å². The van der Waals surface area contributed by atoms with Crippen LogP contribution in [0.5, 0.6) is 5.75 Å². The van der Waals surface area contributed by atoms with Gasteiger partial charge in [-0.1, -0.05) is 6.07 Å². The molecule has 0 aliphatic carbocycles. The SMILES string of the molecule is COc1cccc(F)c1-n1nc(C(=O)Nc2ccc3c(nc(C)n3C)c2N2CCC(NC(=O)O)C2)ccc1=O. The van der Waals surface area contributed by atoms with Crippen molar-refractivity contribution in [2.75, 3.05) is 30.4 Å². The van der Waals surface area contributed by atoms with Gasteiger partial charge < -0.3 is 29.9 Å². The second kappa shape index (κ2) is 10.1. The van der Waals surface area contributed by atoms with E-state index >= 15 is 0 Å².